The number of hydrogen-bond acceptors (Lipinski definition) is 6. The van der Waals surface area contributed by atoms with Crippen molar-refractivity contribution in [3.8, 4) is 0 Å². The van der Waals surface area contributed by atoms with Crippen molar-refractivity contribution in [2.75, 3.05) is 11.4 Å². The Hall–Kier alpha value is -2.83. The van der Waals surface area contributed by atoms with Crippen LogP contribution in [0, 0.1) is 0 Å². The second-order valence-corrected chi connectivity index (χ2v) is 7.05. The van der Waals surface area contributed by atoms with Gasteiger partial charge in [0.05, 0.1) is 23.7 Å². The Labute approximate surface area is 150 Å². The largest absolute Gasteiger partial charge is 0.351 e. The molecule has 0 saturated carbocycles. The van der Waals surface area contributed by atoms with Gasteiger partial charge in [-0.25, -0.2) is 19.6 Å². The normalized spacial score (nSPS) is 19.2. The topological polar surface area (TPSA) is 76.8 Å². The van der Waals surface area contributed by atoms with Gasteiger partial charge in [0.2, 0.25) is 0 Å². The SMILES string of the molecule is O=c1cc2c(nn1CC1CCCN1c1ncnc3ncccc13)CCC2. The van der Waals surface area contributed by atoms with E-state index in [1.807, 2.05) is 12.1 Å². The first-order valence-corrected chi connectivity index (χ1v) is 9.22. The summed E-state index contributed by atoms with van der Waals surface area (Å²) < 4.78 is 1.65. The number of fused-ring (bicyclic) bond motifs is 2. The predicted octanol–water partition coefficient (Wildman–Crippen LogP) is 1.74. The number of anilines is 1. The molecule has 0 N–H and O–H groups in total. The van der Waals surface area contributed by atoms with E-state index < -0.39 is 0 Å². The Kier molecular flexibility index (Phi) is 3.65. The van der Waals surface area contributed by atoms with Crippen molar-refractivity contribution >= 4 is 16.9 Å². The molecule has 0 aromatic carbocycles. The Morgan fingerprint density at radius 2 is 2.12 bits per heavy atom. The fourth-order valence-corrected chi connectivity index (χ4v) is 4.19. The standard InChI is InChI=1S/C19H20N6O/c26-17-10-13-4-1-7-16(13)23-25(17)11-14-5-3-9-24(14)19-15-6-2-8-20-18(15)21-12-22-19/h2,6,8,10,12,14H,1,3-5,7,9,11H2. The van der Waals surface area contributed by atoms with Gasteiger partial charge in [-0.2, -0.15) is 5.10 Å². The molecule has 0 bridgehead atoms. The molecule has 7 heteroatoms. The Balaban J connectivity index is 1.49. The first-order valence-electron chi connectivity index (χ1n) is 9.22. The third-order valence-corrected chi connectivity index (χ3v) is 5.44. The minimum atomic E-state index is 0.00622. The maximum Gasteiger partial charge on any atom is 0.267 e. The van der Waals surface area contributed by atoms with Gasteiger partial charge in [-0.3, -0.25) is 4.79 Å². The van der Waals surface area contributed by atoms with Gasteiger partial charge in [0.25, 0.3) is 5.56 Å². The van der Waals surface area contributed by atoms with Crippen LogP contribution in [0.25, 0.3) is 11.0 Å². The third kappa shape index (κ3) is 2.55. The van der Waals surface area contributed by atoms with Crippen LogP contribution in [0.5, 0.6) is 0 Å². The lowest BCUT2D eigenvalue weighted by Crippen LogP contribution is -2.38. The van der Waals surface area contributed by atoms with Gasteiger partial charge in [-0.1, -0.05) is 0 Å². The molecule has 132 valence electrons. The van der Waals surface area contributed by atoms with Crippen LogP contribution in [-0.2, 0) is 19.4 Å². The molecule has 3 aromatic rings. The lowest BCUT2D eigenvalue weighted by molar-refractivity contribution is 0.482. The van der Waals surface area contributed by atoms with Crippen molar-refractivity contribution < 1.29 is 0 Å². The first kappa shape index (κ1) is 15.4. The van der Waals surface area contributed by atoms with E-state index in [0.29, 0.717) is 12.2 Å². The summed E-state index contributed by atoms with van der Waals surface area (Å²) in [5, 5.41) is 5.59. The van der Waals surface area contributed by atoms with Gasteiger partial charge in [0.15, 0.2) is 5.65 Å². The summed E-state index contributed by atoms with van der Waals surface area (Å²) in [6, 6.07) is 5.90. The summed E-state index contributed by atoms with van der Waals surface area (Å²) in [5.74, 6) is 0.903. The minimum Gasteiger partial charge on any atom is -0.351 e. The zero-order valence-corrected chi connectivity index (χ0v) is 14.5. The molecule has 1 unspecified atom stereocenters. The number of pyridine rings is 1. The molecule has 1 saturated heterocycles. The molecular weight excluding hydrogens is 328 g/mol. The summed E-state index contributed by atoms with van der Waals surface area (Å²) in [6.07, 6.45) is 8.48. The fraction of sp³-hybridized carbons (Fsp3) is 0.421. The highest BCUT2D eigenvalue weighted by Crippen LogP contribution is 2.29. The Morgan fingerprint density at radius 3 is 3.08 bits per heavy atom. The molecular formula is C19H20N6O. The van der Waals surface area contributed by atoms with Gasteiger partial charge < -0.3 is 4.90 Å². The van der Waals surface area contributed by atoms with Crippen LogP contribution >= 0.6 is 0 Å². The molecule has 2 aliphatic rings. The van der Waals surface area contributed by atoms with Crippen molar-refractivity contribution in [3.63, 3.8) is 0 Å². The summed E-state index contributed by atoms with van der Waals surface area (Å²) in [4.78, 5) is 27.9. The Morgan fingerprint density at radius 1 is 1.15 bits per heavy atom. The van der Waals surface area contributed by atoms with E-state index in [4.69, 9.17) is 0 Å². The van der Waals surface area contributed by atoms with Crippen molar-refractivity contribution in [1.29, 1.82) is 0 Å². The zero-order valence-electron chi connectivity index (χ0n) is 14.5. The lowest BCUT2D eigenvalue weighted by Gasteiger charge is -2.26. The summed E-state index contributed by atoms with van der Waals surface area (Å²) in [6.45, 7) is 1.52. The summed E-state index contributed by atoms with van der Waals surface area (Å²) in [7, 11) is 0. The van der Waals surface area contributed by atoms with Crippen LogP contribution in [0.2, 0.25) is 0 Å². The molecule has 4 heterocycles. The van der Waals surface area contributed by atoms with Gasteiger partial charge >= 0.3 is 0 Å². The van der Waals surface area contributed by atoms with Crippen molar-refractivity contribution in [2.45, 2.75) is 44.7 Å². The molecule has 1 aliphatic carbocycles. The second kappa shape index (κ2) is 6.16. The van der Waals surface area contributed by atoms with Crippen molar-refractivity contribution in [3.05, 3.63) is 52.3 Å². The minimum absolute atomic E-state index is 0.00622. The van der Waals surface area contributed by atoms with Crippen LogP contribution in [0.4, 0.5) is 5.82 Å². The third-order valence-electron chi connectivity index (χ3n) is 5.44. The average molecular weight is 348 g/mol. The summed E-state index contributed by atoms with van der Waals surface area (Å²) >= 11 is 0. The van der Waals surface area contributed by atoms with Crippen molar-refractivity contribution in [1.82, 2.24) is 24.7 Å². The van der Waals surface area contributed by atoms with Crippen LogP contribution in [-0.4, -0.2) is 37.3 Å². The van der Waals surface area contributed by atoms with E-state index in [1.54, 1.807) is 23.3 Å². The molecule has 1 fully saturated rings. The number of hydrogen-bond donors (Lipinski definition) is 0. The highest BCUT2D eigenvalue weighted by molar-refractivity contribution is 5.86. The quantitative estimate of drug-likeness (QED) is 0.717. The van der Waals surface area contributed by atoms with Crippen LogP contribution in [0.1, 0.15) is 30.5 Å². The van der Waals surface area contributed by atoms with E-state index >= 15 is 0 Å². The smallest absolute Gasteiger partial charge is 0.267 e. The molecule has 7 nitrogen and oxygen atoms in total. The van der Waals surface area contributed by atoms with E-state index in [-0.39, 0.29) is 11.6 Å². The first-order chi connectivity index (χ1) is 12.8. The average Bonchev–Trinajstić information content (AvgIpc) is 3.30. The maximum atomic E-state index is 12.5. The number of aryl methyl sites for hydroxylation is 2. The van der Waals surface area contributed by atoms with Crippen molar-refractivity contribution in [2.24, 2.45) is 0 Å². The van der Waals surface area contributed by atoms with E-state index in [1.165, 1.54) is 0 Å². The van der Waals surface area contributed by atoms with Crippen LogP contribution in [0.15, 0.2) is 35.5 Å². The molecule has 0 amide bonds. The fourth-order valence-electron chi connectivity index (χ4n) is 4.19. The monoisotopic (exact) mass is 348 g/mol. The van der Waals surface area contributed by atoms with Crippen LogP contribution in [0.3, 0.4) is 0 Å². The van der Waals surface area contributed by atoms with Gasteiger partial charge in [0.1, 0.15) is 12.1 Å². The van der Waals surface area contributed by atoms with E-state index in [9.17, 15) is 4.79 Å². The molecule has 0 radical (unpaired) electrons. The highest BCUT2D eigenvalue weighted by atomic mass is 16.1. The van der Waals surface area contributed by atoms with Gasteiger partial charge in [-0.15, -0.1) is 0 Å². The molecule has 26 heavy (non-hydrogen) atoms. The number of nitrogens with zero attached hydrogens (tertiary/aromatic N) is 6. The molecule has 3 aromatic heterocycles. The Bertz CT molecular complexity index is 1020. The molecule has 1 atom stereocenters. The predicted molar refractivity (Wildman–Crippen MR) is 98.2 cm³/mol. The summed E-state index contributed by atoms with van der Waals surface area (Å²) in [5.41, 5.74) is 2.93. The molecule has 5 rings (SSSR count). The lowest BCUT2D eigenvalue weighted by atomic mass is 10.2. The van der Waals surface area contributed by atoms with Gasteiger partial charge in [-0.05, 0) is 49.8 Å². The number of aromatic nitrogens is 5. The van der Waals surface area contributed by atoms with E-state index in [0.717, 1.165) is 61.1 Å². The highest BCUT2D eigenvalue weighted by Gasteiger charge is 2.28. The van der Waals surface area contributed by atoms with E-state index in [2.05, 4.69) is 25.0 Å². The number of rotatable bonds is 3. The van der Waals surface area contributed by atoms with Crippen LogP contribution < -0.4 is 10.5 Å². The molecule has 1 aliphatic heterocycles. The maximum absolute atomic E-state index is 12.5. The second-order valence-electron chi connectivity index (χ2n) is 7.05. The molecule has 0 spiro atoms. The van der Waals surface area contributed by atoms with Gasteiger partial charge in [0, 0.05) is 18.8 Å². The zero-order chi connectivity index (χ0) is 17.5.